The Balaban J connectivity index is 1.95. The predicted molar refractivity (Wildman–Crippen MR) is 114 cm³/mol. The van der Waals surface area contributed by atoms with Gasteiger partial charge in [-0.15, -0.1) is 0 Å². The molecule has 0 fully saturated rings. The normalized spacial score (nSPS) is 11.0. The summed E-state index contributed by atoms with van der Waals surface area (Å²) in [7, 11) is 0. The van der Waals surface area contributed by atoms with Gasteiger partial charge in [-0.25, -0.2) is 10.6 Å². The monoisotopic (exact) mass is 443 g/mol. The fourth-order valence-electron chi connectivity index (χ4n) is 2.57. The van der Waals surface area contributed by atoms with Gasteiger partial charge in [-0.3, -0.25) is 19.8 Å². The molecule has 0 unspecified atom stereocenters. The van der Waals surface area contributed by atoms with Crippen LogP contribution in [-0.2, 0) is 32.1 Å². The standard InChI is InChI=1S/C21H25N5O6/c22-26-19(29)12-23-18(28)11-24-20(30)17(10-14-6-8-16(27)9-7-14)25-21(31)32-13-15-4-2-1-3-5-15/h1-9,17,27H,10-13,22H2,(H,23,28)(H,24,30)(H,25,31)(H,26,29)/t17-/m0/s1. The van der Waals surface area contributed by atoms with Gasteiger partial charge in [0.15, 0.2) is 0 Å². The number of rotatable bonds is 10. The summed E-state index contributed by atoms with van der Waals surface area (Å²) in [5, 5.41) is 16.6. The second-order valence-electron chi connectivity index (χ2n) is 6.69. The second kappa shape index (κ2) is 12.5. The van der Waals surface area contributed by atoms with Gasteiger partial charge in [0, 0.05) is 6.42 Å². The van der Waals surface area contributed by atoms with E-state index in [1.165, 1.54) is 12.1 Å². The molecule has 0 aliphatic heterocycles. The molecule has 0 heterocycles. The Labute approximate surface area is 184 Å². The third kappa shape index (κ3) is 8.71. The Kier molecular flexibility index (Phi) is 9.47. The molecule has 11 nitrogen and oxygen atoms in total. The molecule has 0 aliphatic rings. The first kappa shape index (κ1) is 24.2. The third-order valence-corrected chi connectivity index (χ3v) is 4.23. The number of nitrogens with one attached hydrogen (secondary N) is 4. The highest BCUT2D eigenvalue weighted by molar-refractivity contribution is 5.91. The summed E-state index contributed by atoms with van der Waals surface area (Å²) in [5.74, 6) is 3.14. The van der Waals surface area contributed by atoms with E-state index in [-0.39, 0.29) is 25.3 Å². The smallest absolute Gasteiger partial charge is 0.408 e. The minimum Gasteiger partial charge on any atom is -0.508 e. The van der Waals surface area contributed by atoms with Crippen molar-refractivity contribution < 1.29 is 29.0 Å². The highest BCUT2D eigenvalue weighted by Gasteiger charge is 2.22. The zero-order chi connectivity index (χ0) is 23.3. The van der Waals surface area contributed by atoms with Crippen molar-refractivity contribution in [2.45, 2.75) is 19.1 Å². The quantitative estimate of drug-likeness (QED) is 0.162. The van der Waals surface area contributed by atoms with Gasteiger partial charge >= 0.3 is 6.09 Å². The number of carbonyl (C=O) groups excluding carboxylic acids is 4. The molecule has 7 N–H and O–H groups in total. The van der Waals surface area contributed by atoms with Gasteiger partial charge in [0.25, 0.3) is 5.91 Å². The van der Waals surface area contributed by atoms with Gasteiger partial charge in [0.2, 0.25) is 11.8 Å². The summed E-state index contributed by atoms with van der Waals surface area (Å²) >= 11 is 0. The lowest BCUT2D eigenvalue weighted by atomic mass is 10.1. The zero-order valence-corrected chi connectivity index (χ0v) is 17.2. The minimum absolute atomic E-state index is 0.0197. The Morgan fingerprint density at radius 2 is 1.53 bits per heavy atom. The van der Waals surface area contributed by atoms with Crippen LogP contribution in [0.2, 0.25) is 0 Å². The van der Waals surface area contributed by atoms with Crippen molar-refractivity contribution in [1.29, 1.82) is 0 Å². The van der Waals surface area contributed by atoms with Crippen LogP contribution in [0.25, 0.3) is 0 Å². The van der Waals surface area contributed by atoms with Gasteiger partial charge < -0.3 is 25.8 Å². The number of carbonyl (C=O) groups is 4. The average molecular weight is 443 g/mol. The molecule has 0 bridgehead atoms. The molecule has 0 radical (unpaired) electrons. The summed E-state index contributed by atoms with van der Waals surface area (Å²) in [6, 6.07) is 14.1. The van der Waals surface area contributed by atoms with E-state index in [9.17, 15) is 24.3 Å². The molecule has 32 heavy (non-hydrogen) atoms. The van der Waals surface area contributed by atoms with Crippen LogP contribution in [0.4, 0.5) is 4.79 Å². The van der Waals surface area contributed by atoms with Gasteiger partial charge in [0.1, 0.15) is 18.4 Å². The zero-order valence-electron chi connectivity index (χ0n) is 17.2. The molecule has 0 aliphatic carbocycles. The van der Waals surface area contributed by atoms with Crippen LogP contribution in [0, 0.1) is 0 Å². The largest absolute Gasteiger partial charge is 0.508 e. The topological polar surface area (TPSA) is 172 Å². The van der Waals surface area contributed by atoms with Gasteiger partial charge in [0.05, 0.1) is 13.1 Å². The molecular formula is C21H25N5O6. The first-order chi connectivity index (χ1) is 15.4. The van der Waals surface area contributed by atoms with Crippen LogP contribution in [0.5, 0.6) is 5.75 Å². The molecule has 11 heteroatoms. The van der Waals surface area contributed by atoms with Crippen molar-refractivity contribution in [3.8, 4) is 5.75 Å². The van der Waals surface area contributed by atoms with Crippen molar-refractivity contribution in [2.75, 3.05) is 13.1 Å². The molecular weight excluding hydrogens is 418 g/mol. The minimum atomic E-state index is -1.05. The van der Waals surface area contributed by atoms with Crippen LogP contribution in [-0.4, -0.2) is 48.1 Å². The first-order valence-corrected chi connectivity index (χ1v) is 9.66. The van der Waals surface area contributed by atoms with Gasteiger partial charge in [-0.2, -0.15) is 0 Å². The fourth-order valence-corrected chi connectivity index (χ4v) is 2.57. The SMILES string of the molecule is NNC(=O)CNC(=O)CNC(=O)[C@H](Cc1ccc(O)cc1)NC(=O)OCc1ccccc1. The summed E-state index contributed by atoms with van der Waals surface area (Å²) in [6.45, 7) is -0.735. The van der Waals surface area contributed by atoms with Crippen molar-refractivity contribution in [1.82, 2.24) is 21.4 Å². The number of ether oxygens (including phenoxy) is 1. The lowest BCUT2D eigenvalue weighted by molar-refractivity contribution is -0.128. The lowest BCUT2D eigenvalue weighted by Gasteiger charge is -2.18. The number of amides is 4. The van der Waals surface area contributed by atoms with E-state index < -0.39 is 36.4 Å². The molecule has 4 amide bonds. The molecule has 0 aromatic heterocycles. The summed E-state index contributed by atoms with van der Waals surface area (Å²) in [6.07, 6.45) is -0.721. The number of benzene rings is 2. The first-order valence-electron chi connectivity index (χ1n) is 9.66. The maximum atomic E-state index is 12.6. The number of nitrogens with two attached hydrogens (primary N) is 1. The summed E-state index contributed by atoms with van der Waals surface area (Å²) in [5.41, 5.74) is 3.30. The van der Waals surface area contributed by atoms with Crippen LogP contribution in [0.1, 0.15) is 11.1 Å². The summed E-state index contributed by atoms with van der Waals surface area (Å²) < 4.78 is 5.16. The molecule has 2 aromatic carbocycles. The molecule has 0 saturated carbocycles. The Morgan fingerprint density at radius 1 is 0.875 bits per heavy atom. The van der Waals surface area contributed by atoms with E-state index in [0.29, 0.717) is 5.56 Å². The average Bonchev–Trinajstić information content (AvgIpc) is 2.81. The molecule has 0 spiro atoms. The number of aromatic hydroxyl groups is 1. The molecule has 2 rings (SSSR count). The fraction of sp³-hybridized carbons (Fsp3) is 0.238. The number of phenols is 1. The number of phenolic OH excluding ortho intramolecular Hbond substituents is 1. The lowest BCUT2D eigenvalue weighted by Crippen LogP contribution is -2.50. The van der Waals surface area contributed by atoms with E-state index in [1.807, 2.05) is 11.5 Å². The number of alkyl carbamates (subject to hydrolysis) is 1. The van der Waals surface area contributed by atoms with E-state index >= 15 is 0 Å². The van der Waals surface area contributed by atoms with Crippen molar-refractivity contribution in [3.63, 3.8) is 0 Å². The Bertz CT molecular complexity index is 920. The number of hydrogen-bond acceptors (Lipinski definition) is 7. The summed E-state index contributed by atoms with van der Waals surface area (Å²) in [4.78, 5) is 47.7. The maximum absolute atomic E-state index is 12.6. The molecule has 170 valence electrons. The van der Waals surface area contributed by atoms with Crippen molar-refractivity contribution >= 4 is 23.8 Å². The predicted octanol–water partition coefficient (Wildman–Crippen LogP) is -0.548. The Hall–Kier alpha value is -4.12. The van der Waals surface area contributed by atoms with Gasteiger partial charge in [-0.05, 0) is 23.3 Å². The van der Waals surface area contributed by atoms with Crippen LogP contribution in [0.15, 0.2) is 54.6 Å². The van der Waals surface area contributed by atoms with Crippen LogP contribution < -0.4 is 27.2 Å². The van der Waals surface area contributed by atoms with E-state index in [4.69, 9.17) is 10.6 Å². The third-order valence-electron chi connectivity index (χ3n) is 4.23. The van der Waals surface area contributed by atoms with Crippen molar-refractivity contribution in [2.24, 2.45) is 5.84 Å². The van der Waals surface area contributed by atoms with Gasteiger partial charge in [-0.1, -0.05) is 42.5 Å². The Morgan fingerprint density at radius 3 is 2.19 bits per heavy atom. The van der Waals surface area contributed by atoms with Crippen LogP contribution in [0.3, 0.4) is 0 Å². The van der Waals surface area contributed by atoms with E-state index in [0.717, 1.165) is 5.56 Å². The molecule has 1 atom stereocenters. The molecule has 2 aromatic rings. The van der Waals surface area contributed by atoms with E-state index in [2.05, 4.69) is 16.0 Å². The highest BCUT2D eigenvalue weighted by atomic mass is 16.5. The number of hydrazine groups is 1. The maximum Gasteiger partial charge on any atom is 0.408 e. The molecule has 0 saturated heterocycles. The second-order valence-corrected chi connectivity index (χ2v) is 6.69. The van der Waals surface area contributed by atoms with E-state index in [1.54, 1.807) is 36.4 Å². The highest BCUT2D eigenvalue weighted by Crippen LogP contribution is 2.12. The van der Waals surface area contributed by atoms with Crippen LogP contribution >= 0.6 is 0 Å². The number of hydrogen-bond donors (Lipinski definition) is 6. The van der Waals surface area contributed by atoms with Crippen molar-refractivity contribution in [3.05, 3.63) is 65.7 Å².